The molecular weight excluding hydrogens is 258 g/mol. The molecule has 20 heavy (non-hydrogen) atoms. The number of rotatable bonds is 3. The number of hydrogen-bond acceptors (Lipinski definition) is 3. The minimum absolute atomic E-state index is 0.0703. The molecule has 5 heteroatoms. The van der Waals surface area contributed by atoms with Gasteiger partial charge in [0.15, 0.2) is 6.04 Å². The molecule has 1 aromatic carbocycles. The molecule has 1 unspecified atom stereocenters. The van der Waals surface area contributed by atoms with Gasteiger partial charge < -0.3 is 9.84 Å². The van der Waals surface area contributed by atoms with E-state index >= 15 is 0 Å². The smallest absolute Gasteiger partial charge is 0.411 e. The Morgan fingerprint density at radius 1 is 1.30 bits per heavy atom. The van der Waals surface area contributed by atoms with Crippen molar-refractivity contribution in [3.63, 3.8) is 0 Å². The fourth-order valence-corrected chi connectivity index (χ4v) is 2.91. The van der Waals surface area contributed by atoms with Crippen LogP contribution in [-0.2, 0) is 28.9 Å². The molecule has 5 nitrogen and oxygen atoms in total. The second-order valence-electron chi connectivity index (χ2n) is 5.37. The van der Waals surface area contributed by atoms with E-state index in [0.29, 0.717) is 6.54 Å². The van der Waals surface area contributed by atoms with Crippen molar-refractivity contribution in [1.29, 1.82) is 0 Å². The summed E-state index contributed by atoms with van der Waals surface area (Å²) in [5, 5.41) is 9.10. The SMILES string of the molecule is O=C(O)C1COC(=O)N1Cc1ccc2c(c1)CCCC2. The lowest BCUT2D eigenvalue weighted by molar-refractivity contribution is -0.141. The molecule has 1 aliphatic carbocycles. The van der Waals surface area contributed by atoms with Crippen LogP contribution in [0.3, 0.4) is 0 Å². The van der Waals surface area contributed by atoms with Crippen LogP contribution in [0.25, 0.3) is 0 Å². The Kier molecular flexibility index (Phi) is 3.34. The number of carboxylic acid groups (broad SMARTS) is 1. The predicted molar refractivity (Wildman–Crippen MR) is 71.4 cm³/mol. The van der Waals surface area contributed by atoms with Crippen LogP contribution in [0.4, 0.5) is 4.79 Å². The minimum Gasteiger partial charge on any atom is -0.480 e. The molecule has 0 radical (unpaired) electrons. The van der Waals surface area contributed by atoms with E-state index in [-0.39, 0.29) is 6.61 Å². The molecular formula is C15H17NO4. The minimum atomic E-state index is -1.02. The summed E-state index contributed by atoms with van der Waals surface area (Å²) in [5.74, 6) is -1.02. The summed E-state index contributed by atoms with van der Waals surface area (Å²) in [6, 6.07) is 5.30. The molecule has 2 aliphatic rings. The van der Waals surface area contributed by atoms with Gasteiger partial charge in [-0.15, -0.1) is 0 Å². The number of carbonyl (C=O) groups excluding carboxylic acids is 1. The van der Waals surface area contributed by atoms with Gasteiger partial charge in [0.2, 0.25) is 0 Å². The molecule has 0 bridgehead atoms. The van der Waals surface area contributed by atoms with Gasteiger partial charge in [0.05, 0.1) is 6.54 Å². The van der Waals surface area contributed by atoms with E-state index in [1.807, 2.05) is 6.07 Å². The Labute approximate surface area is 117 Å². The van der Waals surface area contributed by atoms with E-state index in [1.165, 1.54) is 28.9 Å². The van der Waals surface area contributed by atoms with Crippen LogP contribution < -0.4 is 0 Å². The molecule has 1 amide bonds. The zero-order chi connectivity index (χ0) is 14.1. The van der Waals surface area contributed by atoms with Crippen LogP contribution in [0, 0.1) is 0 Å². The summed E-state index contributed by atoms with van der Waals surface area (Å²) in [6.07, 6.45) is 4.05. The van der Waals surface area contributed by atoms with Crippen LogP contribution in [0.15, 0.2) is 18.2 Å². The standard InChI is InChI=1S/C15H17NO4/c17-14(18)13-9-20-15(19)16(13)8-10-5-6-11-3-1-2-4-12(11)7-10/h5-7,13H,1-4,8-9H2,(H,17,18). The summed E-state index contributed by atoms with van der Waals surface area (Å²) >= 11 is 0. The lowest BCUT2D eigenvalue weighted by atomic mass is 9.90. The molecule has 1 saturated heterocycles. The number of hydrogen-bond donors (Lipinski definition) is 1. The Hall–Kier alpha value is -2.04. The Morgan fingerprint density at radius 3 is 2.80 bits per heavy atom. The Morgan fingerprint density at radius 2 is 2.05 bits per heavy atom. The number of amides is 1. The van der Waals surface area contributed by atoms with E-state index in [1.54, 1.807) is 0 Å². The molecule has 1 heterocycles. The zero-order valence-electron chi connectivity index (χ0n) is 11.2. The first kappa shape index (κ1) is 13.0. The van der Waals surface area contributed by atoms with Crippen LogP contribution >= 0.6 is 0 Å². The summed E-state index contributed by atoms with van der Waals surface area (Å²) < 4.78 is 4.83. The number of cyclic esters (lactones) is 1. The number of nitrogens with zero attached hydrogens (tertiary/aromatic N) is 1. The number of benzene rings is 1. The van der Waals surface area contributed by atoms with Crippen molar-refractivity contribution < 1.29 is 19.4 Å². The maximum atomic E-state index is 11.6. The van der Waals surface area contributed by atoms with Crippen molar-refractivity contribution >= 4 is 12.1 Å². The third kappa shape index (κ3) is 2.35. The lowest BCUT2D eigenvalue weighted by Crippen LogP contribution is -2.38. The van der Waals surface area contributed by atoms with Gasteiger partial charge in [-0.05, 0) is 42.4 Å². The molecule has 1 atom stereocenters. The van der Waals surface area contributed by atoms with Crippen molar-refractivity contribution in [2.45, 2.75) is 38.3 Å². The average molecular weight is 275 g/mol. The van der Waals surface area contributed by atoms with Crippen molar-refractivity contribution in [2.75, 3.05) is 6.61 Å². The Balaban J connectivity index is 1.80. The molecule has 1 aromatic rings. The fraction of sp³-hybridized carbons (Fsp3) is 0.467. The van der Waals surface area contributed by atoms with Gasteiger partial charge in [0.1, 0.15) is 6.61 Å². The second kappa shape index (κ2) is 5.15. The predicted octanol–water partition coefficient (Wildman–Crippen LogP) is 1.97. The quantitative estimate of drug-likeness (QED) is 0.915. The maximum absolute atomic E-state index is 11.6. The highest BCUT2D eigenvalue weighted by molar-refractivity contribution is 5.82. The number of carboxylic acids is 1. The van der Waals surface area contributed by atoms with Crippen LogP contribution in [0.1, 0.15) is 29.5 Å². The van der Waals surface area contributed by atoms with E-state index in [9.17, 15) is 9.59 Å². The normalized spacial score (nSPS) is 21.5. The molecule has 1 aliphatic heterocycles. The number of aliphatic carboxylic acids is 1. The van der Waals surface area contributed by atoms with Crippen LogP contribution in [-0.4, -0.2) is 34.7 Å². The highest BCUT2D eigenvalue weighted by atomic mass is 16.6. The van der Waals surface area contributed by atoms with Crippen molar-refractivity contribution in [1.82, 2.24) is 4.90 Å². The number of fused-ring (bicyclic) bond motifs is 1. The van der Waals surface area contributed by atoms with Gasteiger partial charge in [-0.3, -0.25) is 4.90 Å². The van der Waals surface area contributed by atoms with Crippen LogP contribution in [0.2, 0.25) is 0 Å². The van der Waals surface area contributed by atoms with Gasteiger partial charge in [-0.1, -0.05) is 18.2 Å². The third-order valence-corrected chi connectivity index (χ3v) is 4.03. The van der Waals surface area contributed by atoms with Gasteiger partial charge in [-0.2, -0.15) is 0 Å². The first-order valence-corrected chi connectivity index (χ1v) is 6.92. The Bertz CT molecular complexity index is 555. The summed E-state index contributed by atoms with van der Waals surface area (Å²) in [6.45, 7) is 0.224. The van der Waals surface area contributed by atoms with Gasteiger partial charge >= 0.3 is 12.1 Å². The number of aryl methyl sites for hydroxylation is 2. The molecule has 106 valence electrons. The topological polar surface area (TPSA) is 66.8 Å². The lowest BCUT2D eigenvalue weighted by Gasteiger charge is -2.20. The summed E-state index contributed by atoms with van der Waals surface area (Å²) in [7, 11) is 0. The average Bonchev–Trinajstić information content (AvgIpc) is 2.80. The first-order chi connectivity index (χ1) is 9.65. The molecule has 0 aromatic heterocycles. The zero-order valence-corrected chi connectivity index (χ0v) is 11.2. The van der Waals surface area contributed by atoms with Crippen molar-refractivity contribution in [3.8, 4) is 0 Å². The number of carbonyl (C=O) groups is 2. The highest BCUT2D eigenvalue weighted by Crippen LogP contribution is 2.24. The van der Waals surface area contributed by atoms with Gasteiger partial charge in [0.25, 0.3) is 0 Å². The third-order valence-electron chi connectivity index (χ3n) is 4.03. The summed E-state index contributed by atoms with van der Waals surface area (Å²) in [4.78, 5) is 24.0. The first-order valence-electron chi connectivity index (χ1n) is 6.92. The number of ether oxygens (including phenoxy) is 1. The molecule has 3 rings (SSSR count). The summed E-state index contributed by atoms with van der Waals surface area (Å²) in [5.41, 5.74) is 3.67. The highest BCUT2D eigenvalue weighted by Gasteiger charge is 2.38. The van der Waals surface area contributed by atoms with Gasteiger partial charge in [-0.25, -0.2) is 9.59 Å². The monoisotopic (exact) mass is 275 g/mol. The van der Waals surface area contributed by atoms with E-state index < -0.39 is 18.1 Å². The van der Waals surface area contributed by atoms with E-state index in [2.05, 4.69) is 12.1 Å². The van der Waals surface area contributed by atoms with E-state index in [4.69, 9.17) is 9.84 Å². The fourth-order valence-electron chi connectivity index (χ4n) is 2.91. The molecule has 1 fully saturated rings. The van der Waals surface area contributed by atoms with Crippen molar-refractivity contribution in [3.05, 3.63) is 34.9 Å². The van der Waals surface area contributed by atoms with Gasteiger partial charge in [0, 0.05) is 0 Å². The second-order valence-corrected chi connectivity index (χ2v) is 5.37. The maximum Gasteiger partial charge on any atom is 0.411 e. The van der Waals surface area contributed by atoms with Crippen molar-refractivity contribution in [2.24, 2.45) is 0 Å². The van der Waals surface area contributed by atoms with E-state index in [0.717, 1.165) is 18.4 Å². The molecule has 0 spiro atoms. The molecule has 0 saturated carbocycles. The van der Waals surface area contributed by atoms with Crippen LogP contribution in [0.5, 0.6) is 0 Å². The molecule has 1 N–H and O–H groups in total. The largest absolute Gasteiger partial charge is 0.480 e.